The normalized spacial score (nSPS) is 25.4. The highest BCUT2D eigenvalue weighted by Crippen LogP contribution is 2.43. The number of hydrogen-bond acceptors (Lipinski definition) is 4. The van der Waals surface area contributed by atoms with Crippen molar-refractivity contribution in [3.8, 4) is 11.5 Å². The molecule has 1 aliphatic rings. The second-order valence-electron chi connectivity index (χ2n) is 4.96. The molecule has 104 valence electrons. The molecule has 1 aliphatic heterocycles. The Morgan fingerprint density at radius 3 is 2.84 bits per heavy atom. The van der Waals surface area contributed by atoms with Crippen LogP contribution in [0.2, 0.25) is 0 Å². The Morgan fingerprint density at radius 1 is 1.53 bits per heavy atom. The van der Waals surface area contributed by atoms with Gasteiger partial charge in [0.25, 0.3) is 0 Å². The smallest absolute Gasteiger partial charge is 0.201 e. The fraction of sp³-hybridized carbons (Fsp3) is 0.533. The highest BCUT2D eigenvalue weighted by Gasteiger charge is 2.42. The number of rotatable bonds is 4. The molecule has 0 saturated carbocycles. The molecule has 1 aromatic carbocycles. The van der Waals surface area contributed by atoms with Gasteiger partial charge in [0.1, 0.15) is 17.3 Å². The van der Waals surface area contributed by atoms with Crippen molar-refractivity contribution in [3.63, 3.8) is 0 Å². The largest absolute Gasteiger partial charge is 0.497 e. The lowest BCUT2D eigenvalue weighted by atomic mass is 9.74. The molecule has 2 atom stereocenters. The molecule has 4 heteroatoms. The number of ether oxygens (including phenoxy) is 3. The zero-order valence-electron chi connectivity index (χ0n) is 11.9. The first-order valence-corrected chi connectivity index (χ1v) is 6.49. The second kappa shape index (κ2) is 5.21. The summed E-state index contributed by atoms with van der Waals surface area (Å²) in [4.78, 5) is 12.0. The summed E-state index contributed by atoms with van der Waals surface area (Å²) in [6, 6.07) is 5.56. The minimum absolute atomic E-state index is 0.118. The molecule has 4 nitrogen and oxygen atoms in total. The first-order chi connectivity index (χ1) is 9.01. The van der Waals surface area contributed by atoms with E-state index in [1.807, 2.05) is 32.0 Å². The summed E-state index contributed by atoms with van der Waals surface area (Å²) in [6.45, 7) is 6.02. The summed E-state index contributed by atoms with van der Waals surface area (Å²) in [7, 11) is 1.61. The molecular weight excluding hydrogens is 244 g/mol. The Kier molecular flexibility index (Phi) is 3.80. The van der Waals surface area contributed by atoms with Gasteiger partial charge in [-0.05, 0) is 26.8 Å². The maximum Gasteiger partial charge on any atom is 0.201 e. The number of Topliss-reactive ketones (excluding diaryl/α,β-unsaturated/α-hetero) is 1. The molecule has 0 bridgehead atoms. The van der Waals surface area contributed by atoms with Gasteiger partial charge in [0.2, 0.25) is 6.29 Å². The van der Waals surface area contributed by atoms with Gasteiger partial charge in [0, 0.05) is 24.7 Å². The van der Waals surface area contributed by atoms with Crippen LogP contribution < -0.4 is 9.47 Å². The number of ketones is 1. The van der Waals surface area contributed by atoms with Crippen molar-refractivity contribution < 1.29 is 19.0 Å². The van der Waals surface area contributed by atoms with Gasteiger partial charge >= 0.3 is 0 Å². The fourth-order valence-corrected chi connectivity index (χ4v) is 2.42. The van der Waals surface area contributed by atoms with Gasteiger partial charge in [-0.1, -0.05) is 6.07 Å². The Labute approximate surface area is 113 Å². The SMILES string of the molecule is CCO[C@@H]1C[C@@](C)(C(C)=O)c2ccc(OC)cc2O1. The predicted molar refractivity (Wildman–Crippen MR) is 71.7 cm³/mol. The van der Waals surface area contributed by atoms with Crippen molar-refractivity contribution in [2.24, 2.45) is 0 Å². The first kappa shape index (κ1) is 13.9. The number of methoxy groups -OCH3 is 1. The van der Waals surface area contributed by atoms with Crippen molar-refractivity contribution in [2.75, 3.05) is 13.7 Å². The minimum atomic E-state index is -0.570. The quantitative estimate of drug-likeness (QED) is 0.838. The molecule has 2 rings (SSSR count). The zero-order chi connectivity index (χ0) is 14.0. The standard InChI is InChI=1S/C15H20O4/c1-5-18-14-9-15(3,10(2)16)12-7-6-11(17-4)8-13(12)19-14/h6-8,14H,5,9H2,1-4H3/t14-,15-/m0/s1. The van der Waals surface area contributed by atoms with Crippen LogP contribution in [-0.2, 0) is 14.9 Å². The summed E-state index contributed by atoms with van der Waals surface area (Å²) in [5, 5.41) is 0. The van der Waals surface area contributed by atoms with Crippen LogP contribution in [0.15, 0.2) is 18.2 Å². The van der Waals surface area contributed by atoms with Crippen LogP contribution in [0.4, 0.5) is 0 Å². The van der Waals surface area contributed by atoms with E-state index >= 15 is 0 Å². The lowest BCUT2D eigenvalue weighted by Gasteiger charge is -2.38. The van der Waals surface area contributed by atoms with Gasteiger partial charge in [-0.15, -0.1) is 0 Å². The Morgan fingerprint density at radius 2 is 2.26 bits per heavy atom. The maximum absolute atomic E-state index is 12.0. The van der Waals surface area contributed by atoms with Crippen LogP contribution in [0.5, 0.6) is 11.5 Å². The van der Waals surface area contributed by atoms with Crippen molar-refractivity contribution in [3.05, 3.63) is 23.8 Å². The van der Waals surface area contributed by atoms with Crippen LogP contribution in [-0.4, -0.2) is 25.8 Å². The number of carbonyl (C=O) groups excluding carboxylic acids is 1. The molecule has 1 aromatic rings. The average molecular weight is 264 g/mol. The van der Waals surface area contributed by atoms with Crippen LogP contribution in [0, 0.1) is 0 Å². The van der Waals surface area contributed by atoms with Crippen molar-refractivity contribution >= 4 is 5.78 Å². The van der Waals surface area contributed by atoms with E-state index in [-0.39, 0.29) is 5.78 Å². The topological polar surface area (TPSA) is 44.8 Å². The van der Waals surface area contributed by atoms with E-state index in [2.05, 4.69) is 0 Å². The van der Waals surface area contributed by atoms with Gasteiger partial charge in [-0.2, -0.15) is 0 Å². The van der Waals surface area contributed by atoms with E-state index in [0.717, 1.165) is 5.56 Å². The van der Waals surface area contributed by atoms with Crippen molar-refractivity contribution in [2.45, 2.75) is 38.9 Å². The van der Waals surface area contributed by atoms with Crippen LogP contribution in [0.3, 0.4) is 0 Å². The van der Waals surface area contributed by atoms with E-state index in [9.17, 15) is 4.79 Å². The zero-order valence-corrected chi connectivity index (χ0v) is 11.9. The van der Waals surface area contributed by atoms with Crippen LogP contribution >= 0.6 is 0 Å². The number of carbonyl (C=O) groups is 1. The third kappa shape index (κ3) is 2.45. The maximum atomic E-state index is 12.0. The van der Waals surface area contributed by atoms with Gasteiger partial charge in [-0.25, -0.2) is 0 Å². The number of fused-ring (bicyclic) bond motifs is 1. The molecule has 0 amide bonds. The summed E-state index contributed by atoms with van der Waals surface area (Å²) in [5.74, 6) is 1.50. The lowest BCUT2D eigenvalue weighted by molar-refractivity contribution is -0.133. The third-order valence-corrected chi connectivity index (χ3v) is 3.75. The summed E-state index contributed by atoms with van der Waals surface area (Å²) < 4.78 is 16.5. The third-order valence-electron chi connectivity index (χ3n) is 3.75. The molecule has 0 aromatic heterocycles. The second-order valence-corrected chi connectivity index (χ2v) is 4.96. The predicted octanol–water partition coefficient (Wildman–Crippen LogP) is 2.69. The number of hydrogen-bond donors (Lipinski definition) is 0. The average Bonchev–Trinajstić information content (AvgIpc) is 2.38. The molecule has 0 fully saturated rings. The molecule has 0 unspecified atom stereocenters. The van der Waals surface area contributed by atoms with Crippen molar-refractivity contribution in [1.82, 2.24) is 0 Å². The molecule has 0 radical (unpaired) electrons. The highest BCUT2D eigenvalue weighted by molar-refractivity contribution is 5.88. The van der Waals surface area contributed by atoms with E-state index in [1.165, 1.54) is 0 Å². The Bertz CT molecular complexity index is 483. The van der Waals surface area contributed by atoms with Crippen LogP contribution in [0.1, 0.15) is 32.8 Å². The number of benzene rings is 1. The van der Waals surface area contributed by atoms with Crippen LogP contribution in [0.25, 0.3) is 0 Å². The molecule has 19 heavy (non-hydrogen) atoms. The van der Waals surface area contributed by atoms with Gasteiger partial charge < -0.3 is 14.2 Å². The molecule has 0 aliphatic carbocycles. The molecule has 0 N–H and O–H groups in total. The van der Waals surface area contributed by atoms with E-state index in [0.29, 0.717) is 24.5 Å². The summed E-state index contributed by atoms with van der Waals surface area (Å²) in [5.41, 5.74) is 0.330. The van der Waals surface area contributed by atoms with E-state index in [4.69, 9.17) is 14.2 Å². The summed E-state index contributed by atoms with van der Waals surface area (Å²) in [6.07, 6.45) is 0.147. The minimum Gasteiger partial charge on any atom is -0.497 e. The first-order valence-electron chi connectivity index (χ1n) is 6.49. The molecule has 1 heterocycles. The van der Waals surface area contributed by atoms with Gasteiger partial charge in [-0.3, -0.25) is 4.79 Å². The van der Waals surface area contributed by atoms with E-state index in [1.54, 1.807) is 14.0 Å². The summed E-state index contributed by atoms with van der Waals surface area (Å²) >= 11 is 0. The highest BCUT2D eigenvalue weighted by atomic mass is 16.7. The molecular formula is C15H20O4. The van der Waals surface area contributed by atoms with Crippen molar-refractivity contribution in [1.29, 1.82) is 0 Å². The Hall–Kier alpha value is -1.55. The van der Waals surface area contributed by atoms with E-state index < -0.39 is 11.7 Å². The lowest BCUT2D eigenvalue weighted by Crippen LogP contribution is -2.42. The monoisotopic (exact) mass is 264 g/mol. The Balaban J connectivity index is 2.46. The molecule has 0 spiro atoms. The molecule has 0 saturated heterocycles. The van der Waals surface area contributed by atoms with Gasteiger partial charge in [0.05, 0.1) is 12.5 Å². The fourth-order valence-electron chi connectivity index (χ4n) is 2.42. The van der Waals surface area contributed by atoms with Gasteiger partial charge in [0.15, 0.2) is 0 Å².